The van der Waals surface area contributed by atoms with Gasteiger partial charge >= 0.3 is 10.4 Å². The van der Waals surface area contributed by atoms with Gasteiger partial charge in [0.15, 0.2) is 23.4 Å². The maximum absolute atomic E-state index is 13.0. The molecule has 19 heteroatoms. The van der Waals surface area contributed by atoms with Gasteiger partial charge in [0.05, 0.1) is 18.1 Å². The number of nitrogens with one attached hydrogen (secondary N) is 3. The molecular weight excluding hydrogens is 594 g/mol. The van der Waals surface area contributed by atoms with Crippen LogP contribution in [-0.2, 0) is 29.1 Å². The summed E-state index contributed by atoms with van der Waals surface area (Å²) in [7, 11) is -4.94. The zero-order chi connectivity index (χ0) is 30.5. The van der Waals surface area contributed by atoms with Gasteiger partial charge in [0, 0.05) is 18.5 Å². The molecule has 2 aromatic rings. The summed E-state index contributed by atoms with van der Waals surface area (Å²) in [5, 5.41) is 14.9. The minimum Gasteiger partial charge on any atom is -0.490 e. The van der Waals surface area contributed by atoms with Crippen molar-refractivity contribution in [1.82, 2.24) is 26.0 Å². The second-order valence-corrected chi connectivity index (χ2v) is 11.5. The Morgan fingerprint density at radius 1 is 1.31 bits per heavy atom. The highest BCUT2D eigenvalue weighted by molar-refractivity contribution is 7.80. The highest BCUT2D eigenvalue weighted by atomic mass is 32.3. The number of nitrogens with two attached hydrogens (primary N) is 2. The summed E-state index contributed by atoms with van der Waals surface area (Å²) in [6.07, 6.45) is 0. The summed E-state index contributed by atoms with van der Waals surface area (Å²) in [6.45, 7) is 4.67. The highest BCUT2D eigenvalue weighted by Crippen LogP contribution is 2.33. The SMILES string of the molecule is CC1(C)C(NC(=O)/C(=N\OCCOc2ccc(C3CN=C(NCCN)N3)cc2)c2csc(N)n2)C(=O)N1OS(=O)(=O)O. The number of hydrogen-bond acceptors (Lipinski definition) is 15. The van der Waals surface area contributed by atoms with E-state index in [0.717, 1.165) is 16.9 Å². The van der Waals surface area contributed by atoms with E-state index < -0.39 is 33.8 Å². The molecule has 8 N–H and O–H groups in total. The molecule has 17 nitrogen and oxygen atoms in total. The van der Waals surface area contributed by atoms with Crippen molar-refractivity contribution >= 4 is 50.4 Å². The highest BCUT2D eigenvalue weighted by Gasteiger charge is 2.58. The summed E-state index contributed by atoms with van der Waals surface area (Å²) >= 11 is 1.07. The standard InChI is InChI=1S/C23H31N9O8S2/c1-23(2)18(20(34)32(23)40-42(35,36)37)30-19(33)17(16-12-41-21(25)28-16)31-39-10-9-38-14-5-3-13(4-6-14)15-11-27-22(29-15)26-8-7-24/h3-6,12,15,18H,7-11,24H2,1-2H3,(H2,25,28)(H,30,33)(H2,26,27,29)(H,35,36,37)/b31-17-. The van der Waals surface area contributed by atoms with Crippen LogP contribution in [0.15, 0.2) is 39.8 Å². The Hall–Kier alpha value is -4.04. The van der Waals surface area contributed by atoms with Crippen molar-refractivity contribution in [3.05, 3.63) is 40.9 Å². The molecule has 0 aliphatic carbocycles. The molecule has 0 radical (unpaired) electrons. The van der Waals surface area contributed by atoms with Crippen molar-refractivity contribution in [2.24, 2.45) is 15.9 Å². The predicted molar refractivity (Wildman–Crippen MR) is 152 cm³/mol. The van der Waals surface area contributed by atoms with Gasteiger partial charge in [-0.15, -0.1) is 15.6 Å². The van der Waals surface area contributed by atoms with E-state index in [1.54, 1.807) is 0 Å². The van der Waals surface area contributed by atoms with Crippen molar-refractivity contribution in [2.45, 2.75) is 31.5 Å². The lowest BCUT2D eigenvalue weighted by molar-refractivity contribution is -0.218. The minimum atomic E-state index is -4.94. The number of anilines is 1. The molecule has 2 unspecified atom stereocenters. The Bertz CT molecular complexity index is 1460. The molecule has 1 saturated heterocycles. The van der Waals surface area contributed by atoms with Gasteiger partial charge in [0.25, 0.3) is 11.8 Å². The van der Waals surface area contributed by atoms with Gasteiger partial charge < -0.3 is 37.0 Å². The Morgan fingerprint density at radius 3 is 2.67 bits per heavy atom. The number of hydroxylamine groups is 2. The molecule has 1 aromatic heterocycles. The number of nitrogen functional groups attached to an aromatic ring is 1. The fraction of sp³-hybridized carbons (Fsp3) is 0.435. The molecule has 0 spiro atoms. The topological polar surface area (TPSA) is 245 Å². The number of carbonyl (C=O) groups is 2. The zero-order valence-electron chi connectivity index (χ0n) is 22.6. The van der Waals surface area contributed by atoms with Gasteiger partial charge in [-0.2, -0.15) is 13.5 Å². The van der Waals surface area contributed by atoms with Crippen molar-refractivity contribution in [3.8, 4) is 5.75 Å². The molecule has 2 aliphatic heterocycles. The van der Waals surface area contributed by atoms with E-state index in [2.05, 4.69) is 35.4 Å². The summed E-state index contributed by atoms with van der Waals surface area (Å²) in [5.41, 5.74) is 10.8. The van der Waals surface area contributed by atoms with Gasteiger partial charge in [0.2, 0.25) is 0 Å². The van der Waals surface area contributed by atoms with Crippen LogP contribution in [0.5, 0.6) is 5.75 Å². The van der Waals surface area contributed by atoms with Crippen molar-refractivity contribution < 1.29 is 36.4 Å². The smallest absolute Gasteiger partial charge is 0.418 e. The third-order valence-electron chi connectivity index (χ3n) is 6.16. The van der Waals surface area contributed by atoms with E-state index in [1.165, 1.54) is 19.2 Å². The fourth-order valence-corrected chi connectivity index (χ4v) is 5.05. The molecule has 1 fully saturated rings. The Balaban J connectivity index is 1.30. The van der Waals surface area contributed by atoms with Crippen LogP contribution in [0, 0.1) is 0 Å². The normalized spacial score (nSPS) is 19.9. The predicted octanol–water partition coefficient (Wildman–Crippen LogP) is -1.09. The summed E-state index contributed by atoms with van der Waals surface area (Å²) in [4.78, 5) is 39.2. The van der Waals surface area contributed by atoms with Gasteiger partial charge in [0.1, 0.15) is 24.1 Å². The molecule has 42 heavy (non-hydrogen) atoms. The largest absolute Gasteiger partial charge is 0.490 e. The molecule has 2 amide bonds. The quantitative estimate of drug-likeness (QED) is 0.0510. The van der Waals surface area contributed by atoms with Gasteiger partial charge in [-0.25, -0.2) is 4.98 Å². The van der Waals surface area contributed by atoms with Crippen LogP contribution in [0.4, 0.5) is 5.13 Å². The van der Waals surface area contributed by atoms with E-state index in [4.69, 9.17) is 25.6 Å². The van der Waals surface area contributed by atoms with Crippen LogP contribution in [-0.4, -0.2) is 90.9 Å². The van der Waals surface area contributed by atoms with E-state index in [9.17, 15) is 18.0 Å². The number of thiazole rings is 1. The lowest BCUT2D eigenvalue weighted by atomic mass is 9.84. The second-order valence-electron chi connectivity index (χ2n) is 9.56. The lowest BCUT2D eigenvalue weighted by Gasteiger charge is -2.50. The number of ether oxygens (including phenoxy) is 1. The Labute approximate surface area is 245 Å². The number of oxime groups is 1. The van der Waals surface area contributed by atoms with E-state index in [-0.39, 0.29) is 35.8 Å². The summed E-state index contributed by atoms with van der Waals surface area (Å²) in [5.74, 6) is -0.420. The molecule has 3 heterocycles. The number of hydrogen-bond donors (Lipinski definition) is 6. The van der Waals surface area contributed by atoms with Gasteiger partial charge in [-0.1, -0.05) is 17.3 Å². The molecule has 2 atom stereocenters. The zero-order valence-corrected chi connectivity index (χ0v) is 24.3. The number of amides is 2. The maximum atomic E-state index is 13.0. The number of aliphatic imine (C=N–C) groups is 1. The number of aromatic nitrogens is 1. The molecule has 228 valence electrons. The van der Waals surface area contributed by atoms with Crippen molar-refractivity contribution in [3.63, 3.8) is 0 Å². The molecule has 0 bridgehead atoms. The average molecular weight is 626 g/mol. The first kappa shape index (κ1) is 30.9. The fourth-order valence-electron chi connectivity index (χ4n) is 4.05. The van der Waals surface area contributed by atoms with Crippen LogP contribution in [0.3, 0.4) is 0 Å². The maximum Gasteiger partial charge on any atom is 0.418 e. The Morgan fingerprint density at radius 2 is 2.05 bits per heavy atom. The lowest BCUT2D eigenvalue weighted by Crippen LogP contribution is -2.76. The number of β-lactam (4-membered cyclic amide) rings is 1. The van der Waals surface area contributed by atoms with Crippen LogP contribution in [0.1, 0.15) is 31.1 Å². The molecule has 0 saturated carbocycles. The minimum absolute atomic E-state index is 0.0316. The first-order valence-corrected chi connectivity index (χ1v) is 14.8. The van der Waals surface area contributed by atoms with E-state index in [0.29, 0.717) is 36.4 Å². The number of rotatable bonds is 13. The van der Waals surface area contributed by atoms with E-state index >= 15 is 0 Å². The van der Waals surface area contributed by atoms with Gasteiger partial charge in [-0.3, -0.25) is 19.1 Å². The van der Waals surface area contributed by atoms with Crippen LogP contribution >= 0.6 is 11.3 Å². The van der Waals surface area contributed by atoms with Crippen molar-refractivity contribution in [1.29, 1.82) is 0 Å². The molecule has 2 aliphatic rings. The van der Waals surface area contributed by atoms with Crippen LogP contribution < -0.4 is 32.2 Å². The second kappa shape index (κ2) is 12.9. The molecular formula is C23H31N9O8S2. The third kappa shape index (κ3) is 7.42. The monoisotopic (exact) mass is 625 g/mol. The number of benzene rings is 1. The number of nitrogens with zero attached hydrogens (tertiary/aromatic N) is 4. The first-order valence-electron chi connectivity index (χ1n) is 12.6. The average Bonchev–Trinajstić information content (AvgIpc) is 3.60. The summed E-state index contributed by atoms with van der Waals surface area (Å²) in [6, 6.07) is 6.32. The van der Waals surface area contributed by atoms with Crippen LogP contribution in [0.25, 0.3) is 0 Å². The van der Waals surface area contributed by atoms with Crippen molar-refractivity contribution in [2.75, 3.05) is 38.6 Å². The molecule has 4 rings (SSSR count). The van der Waals surface area contributed by atoms with Gasteiger partial charge in [-0.05, 0) is 31.5 Å². The van der Waals surface area contributed by atoms with E-state index in [1.807, 2.05) is 24.3 Å². The number of carbonyl (C=O) groups excluding carboxylic acids is 2. The van der Waals surface area contributed by atoms with Crippen LogP contribution in [0.2, 0.25) is 0 Å². The summed E-state index contributed by atoms with van der Waals surface area (Å²) < 4.78 is 41.0. The number of guanidine groups is 1. The molecule has 1 aromatic carbocycles. The first-order chi connectivity index (χ1) is 19.9. The third-order valence-corrected chi connectivity index (χ3v) is 7.17. The Kier molecular flexibility index (Phi) is 9.46.